The van der Waals surface area contributed by atoms with Gasteiger partial charge in [-0.3, -0.25) is 0 Å². The van der Waals surface area contributed by atoms with Gasteiger partial charge >= 0.3 is 0 Å². The topological polar surface area (TPSA) is 72.3 Å². The highest BCUT2D eigenvalue weighted by molar-refractivity contribution is 4.94. The molecule has 0 aromatic carbocycles. The molecule has 3 nitrogen and oxygen atoms in total. The molecule has 1 unspecified atom stereocenters. The van der Waals surface area contributed by atoms with E-state index in [4.69, 9.17) is 11.5 Å². The zero-order valence-corrected chi connectivity index (χ0v) is 6.38. The first kappa shape index (κ1) is 9.62. The SMILES string of the molecule is CC=CC(N)(O)CCCN. The average molecular weight is 144 g/mol. The second kappa shape index (κ2) is 4.44. The maximum Gasteiger partial charge on any atom is 0.132 e. The van der Waals surface area contributed by atoms with E-state index in [-0.39, 0.29) is 0 Å². The number of allylic oxidation sites excluding steroid dienone is 1. The predicted octanol–water partition coefficient (Wildman–Crippen LogP) is -0.0513. The molecule has 10 heavy (non-hydrogen) atoms. The first-order valence-corrected chi connectivity index (χ1v) is 3.47. The molecule has 0 radical (unpaired) electrons. The zero-order chi connectivity index (χ0) is 8.04. The number of aliphatic hydroxyl groups is 1. The predicted molar refractivity (Wildman–Crippen MR) is 42.2 cm³/mol. The molecule has 1 atom stereocenters. The van der Waals surface area contributed by atoms with Gasteiger partial charge in [-0.15, -0.1) is 0 Å². The van der Waals surface area contributed by atoms with E-state index in [0.29, 0.717) is 13.0 Å². The largest absolute Gasteiger partial charge is 0.372 e. The molecule has 0 aliphatic rings. The molecule has 0 aliphatic carbocycles. The van der Waals surface area contributed by atoms with E-state index in [1.54, 1.807) is 12.2 Å². The van der Waals surface area contributed by atoms with Gasteiger partial charge in [0.25, 0.3) is 0 Å². The monoisotopic (exact) mass is 144 g/mol. The molecule has 0 spiro atoms. The van der Waals surface area contributed by atoms with E-state index >= 15 is 0 Å². The summed E-state index contributed by atoms with van der Waals surface area (Å²) >= 11 is 0. The zero-order valence-electron chi connectivity index (χ0n) is 6.38. The van der Waals surface area contributed by atoms with Crippen molar-refractivity contribution in [1.29, 1.82) is 0 Å². The highest BCUT2D eigenvalue weighted by Gasteiger charge is 2.14. The molecule has 0 heterocycles. The summed E-state index contributed by atoms with van der Waals surface area (Å²) in [5.74, 6) is 0. The van der Waals surface area contributed by atoms with Gasteiger partial charge in [0.05, 0.1) is 0 Å². The van der Waals surface area contributed by atoms with Gasteiger partial charge in [0.15, 0.2) is 0 Å². The summed E-state index contributed by atoms with van der Waals surface area (Å²) in [6, 6.07) is 0. The highest BCUT2D eigenvalue weighted by atomic mass is 16.3. The van der Waals surface area contributed by atoms with E-state index in [1.807, 2.05) is 6.92 Å². The Balaban J connectivity index is 3.63. The molecule has 0 aromatic heterocycles. The van der Waals surface area contributed by atoms with E-state index in [9.17, 15) is 5.11 Å². The maximum atomic E-state index is 9.28. The lowest BCUT2D eigenvalue weighted by Crippen LogP contribution is -2.37. The fourth-order valence-corrected chi connectivity index (χ4v) is 0.757. The lowest BCUT2D eigenvalue weighted by molar-refractivity contribution is 0.0870. The van der Waals surface area contributed by atoms with Crippen LogP contribution in [0.5, 0.6) is 0 Å². The fraction of sp³-hybridized carbons (Fsp3) is 0.714. The third kappa shape index (κ3) is 4.49. The average Bonchev–Trinajstić information content (AvgIpc) is 1.84. The molecule has 0 bridgehead atoms. The van der Waals surface area contributed by atoms with Crippen molar-refractivity contribution in [2.24, 2.45) is 11.5 Å². The number of hydrogen-bond acceptors (Lipinski definition) is 3. The van der Waals surface area contributed by atoms with Gasteiger partial charge in [-0.2, -0.15) is 0 Å². The molecule has 5 N–H and O–H groups in total. The second-order valence-electron chi connectivity index (χ2n) is 2.38. The normalized spacial score (nSPS) is 17.6. The first-order chi connectivity index (χ1) is 4.62. The first-order valence-electron chi connectivity index (χ1n) is 3.47. The lowest BCUT2D eigenvalue weighted by Gasteiger charge is -2.17. The number of rotatable bonds is 4. The van der Waals surface area contributed by atoms with E-state index < -0.39 is 5.72 Å². The molecule has 60 valence electrons. The molecule has 0 aliphatic heterocycles. The number of nitrogens with two attached hydrogens (primary N) is 2. The Hall–Kier alpha value is -0.380. The van der Waals surface area contributed by atoms with Crippen molar-refractivity contribution in [1.82, 2.24) is 0 Å². The van der Waals surface area contributed by atoms with E-state index in [0.717, 1.165) is 6.42 Å². The van der Waals surface area contributed by atoms with Crippen LogP contribution >= 0.6 is 0 Å². The molecular formula is C7H16N2O. The van der Waals surface area contributed by atoms with Crippen LogP contribution in [-0.2, 0) is 0 Å². The number of hydrogen-bond donors (Lipinski definition) is 3. The molecule has 0 rings (SSSR count). The fourth-order valence-electron chi connectivity index (χ4n) is 0.757. The summed E-state index contributed by atoms with van der Waals surface area (Å²) in [5.41, 5.74) is 9.51. The molecule has 3 heteroatoms. The van der Waals surface area contributed by atoms with Crippen LogP contribution in [0, 0.1) is 0 Å². The van der Waals surface area contributed by atoms with Gasteiger partial charge in [-0.05, 0) is 32.4 Å². The maximum absolute atomic E-state index is 9.28. The molecular weight excluding hydrogens is 128 g/mol. The lowest BCUT2D eigenvalue weighted by atomic mass is 10.1. The third-order valence-corrected chi connectivity index (χ3v) is 1.24. The van der Waals surface area contributed by atoms with Crippen LogP contribution in [0.2, 0.25) is 0 Å². The standard InChI is InChI=1S/C7H16N2O/c1-2-4-7(9,10)5-3-6-8/h2,4,10H,3,5-6,8-9H2,1H3. The van der Waals surface area contributed by atoms with Crippen LogP contribution in [0.3, 0.4) is 0 Å². The summed E-state index contributed by atoms with van der Waals surface area (Å²) in [7, 11) is 0. The minimum absolute atomic E-state index is 0.522. The molecule has 0 saturated heterocycles. The van der Waals surface area contributed by atoms with Crippen molar-refractivity contribution in [3.8, 4) is 0 Å². The van der Waals surface area contributed by atoms with Crippen molar-refractivity contribution in [2.75, 3.05) is 6.54 Å². The quantitative estimate of drug-likeness (QED) is 0.382. The van der Waals surface area contributed by atoms with E-state index in [1.165, 1.54) is 0 Å². The van der Waals surface area contributed by atoms with Crippen LogP contribution in [0.4, 0.5) is 0 Å². The van der Waals surface area contributed by atoms with Gasteiger partial charge in [0, 0.05) is 0 Å². The summed E-state index contributed by atoms with van der Waals surface area (Å²) in [4.78, 5) is 0. The Labute approximate surface area is 61.7 Å². The van der Waals surface area contributed by atoms with Crippen LogP contribution in [-0.4, -0.2) is 17.4 Å². The van der Waals surface area contributed by atoms with Crippen molar-refractivity contribution in [2.45, 2.75) is 25.5 Å². The van der Waals surface area contributed by atoms with Crippen LogP contribution in [0.15, 0.2) is 12.2 Å². The third-order valence-electron chi connectivity index (χ3n) is 1.24. The molecule has 0 saturated carbocycles. The Kier molecular flexibility index (Phi) is 4.27. The second-order valence-corrected chi connectivity index (χ2v) is 2.38. The highest BCUT2D eigenvalue weighted by Crippen LogP contribution is 2.05. The Morgan fingerprint density at radius 1 is 1.60 bits per heavy atom. The Morgan fingerprint density at radius 3 is 2.60 bits per heavy atom. The minimum Gasteiger partial charge on any atom is -0.372 e. The Bertz CT molecular complexity index is 110. The molecule has 0 aromatic rings. The van der Waals surface area contributed by atoms with Crippen molar-refractivity contribution >= 4 is 0 Å². The van der Waals surface area contributed by atoms with Crippen molar-refractivity contribution in [3.63, 3.8) is 0 Å². The van der Waals surface area contributed by atoms with E-state index in [2.05, 4.69) is 0 Å². The minimum atomic E-state index is -1.16. The van der Waals surface area contributed by atoms with Gasteiger partial charge < -0.3 is 16.6 Å². The van der Waals surface area contributed by atoms with Gasteiger partial charge in [0.2, 0.25) is 0 Å². The van der Waals surface area contributed by atoms with Gasteiger partial charge in [0.1, 0.15) is 5.72 Å². The van der Waals surface area contributed by atoms with Gasteiger partial charge in [-0.1, -0.05) is 6.08 Å². The summed E-state index contributed by atoms with van der Waals surface area (Å²) in [5, 5.41) is 9.28. The smallest absolute Gasteiger partial charge is 0.132 e. The van der Waals surface area contributed by atoms with Crippen molar-refractivity contribution in [3.05, 3.63) is 12.2 Å². The van der Waals surface area contributed by atoms with Crippen LogP contribution < -0.4 is 11.5 Å². The summed E-state index contributed by atoms with van der Waals surface area (Å²) in [6.45, 7) is 2.39. The summed E-state index contributed by atoms with van der Waals surface area (Å²) < 4.78 is 0. The summed E-state index contributed by atoms with van der Waals surface area (Å²) in [6.07, 6.45) is 4.57. The molecule has 0 amide bonds. The molecule has 0 fully saturated rings. The van der Waals surface area contributed by atoms with Crippen LogP contribution in [0.1, 0.15) is 19.8 Å². The Morgan fingerprint density at radius 2 is 2.20 bits per heavy atom. The van der Waals surface area contributed by atoms with Crippen molar-refractivity contribution < 1.29 is 5.11 Å². The van der Waals surface area contributed by atoms with Crippen LogP contribution in [0.25, 0.3) is 0 Å². The van der Waals surface area contributed by atoms with Gasteiger partial charge in [-0.25, -0.2) is 0 Å².